The van der Waals surface area contributed by atoms with E-state index in [1.54, 1.807) is 36.4 Å². The van der Waals surface area contributed by atoms with Gasteiger partial charge in [0.25, 0.3) is 0 Å². The Hall–Kier alpha value is -2.89. The Balaban J connectivity index is 2.85. The molecule has 0 unspecified atom stereocenters. The van der Waals surface area contributed by atoms with Crippen molar-refractivity contribution < 1.29 is 23.9 Å². The van der Waals surface area contributed by atoms with Crippen LogP contribution >= 0.6 is 0 Å². The van der Waals surface area contributed by atoms with Crippen LogP contribution in [0.15, 0.2) is 42.1 Å². The summed E-state index contributed by atoms with van der Waals surface area (Å²) in [7, 11) is 2.55. The van der Waals surface area contributed by atoms with Crippen molar-refractivity contribution in [1.29, 1.82) is 0 Å². The fraction of sp³-hybridized carbons (Fsp3) is 0.188. The molecule has 0 aliphatic carbocycles. The Bertz CT molecular complexity index is 614. The minimum Gasteiger partial charge on any atom is -0.465 e. The average molecular weight is 303 g/mol. The summed E-state index contributed by atoms with van der Waals surface area (Å²) in [6.45, 7) is 1.30. The standard InChI is InChI=1S/C16H17NO5/c1-11(18)17-14(16(20)22-3)6-4-5-12-7-9-13(10-8-12)15(19)21-2/h4-10H,1-3H3,(H,17,18)/b5-4+,14-6-. The van der Waals surface area contributed by atoms with Crippen LogP contribution in [0.2, 0.25) is 0 Å². The molecule has 1 aromatic carbocycles. The van der Waals surface area contributed by atoms with E-state index in [-0.39, 0.29) is 11.6 Å². The van der Waals surface area contributed by atoms with Crippen LogP contribution < -0.4 is 5.32 Å². The third-order valence-electron chi connectivity index (χ3n) is 2.60. The first-order valence-electron chi connectivity index (χ1n) is 6.40. The molecule has 0 aromatic heterocycles. The van der Waals surface area contributed by atoms with Gasteiger partial charge in [-0.2, -0.15) is 0 Å². The number of esters is 2. The van der Waals surface area contributed by atoms with Crippen molar-refractivity contribution in [3.63, 3.8) is 0 Å². The Morgan fingerprint density at radius 2 is 1.68 bits per heavy atom. The molecular formula is C16H17NO5. The van der Waals surface area contributed by atoms with Crippen LogP contribution in [-0.4, -0.2) is 32.1 Å². The fourth-order valence-electron chi connectivity index (χ4n) is 1.56. The first kappa shape index (κ1) is 17.2. The molecule has 0 saturated carbocycles. The lowest BCUT2D eigenvalue weighted by Crippen LogP contribution is -2.25. The lowest BCUT2D eigenvalue weighted by atomic mass is 10.1. The van der Waals surface area contributed by atoms with E-state index in [1.807, 2.05) is 0 Å². The maximum absolute atomic E-state index is 11.5. The van der Waals surface area contributed by atoms with Crippen molar-refractivity contribution in [2.75, 3.05) is 14.2 Å². The molecule has 0 aliphatic heterocycles. The zero-order valence-electron chi connectivity index (χ0n) is 12.6. The number of ether oxygens (including phenoxy) is 2. The van der Waals surface area contributed by atoms with E-state index in [9.17, 15) is 14.4 Å². The van der Waals surface area contributed by atoms with Gasteiger partial charge >= 0.3 is 11.9 Å². The monoisotopic (exact) mass is 303 g/mol. The first-order chi connectivity index (χ1) is 10.5. The van der Waals surface area contributed by atoms with Gasteiger partial charge in [0.05, 0.1) is 19.8 Å². The third-order valence-corrected chi connectivity index (χ3v) is 2.60. The van der Waals surface area contributed by atoms with Crippen LogP contribution in [-0.2, 0) is 19.1 Å². The van der Waals surface area contributed by atoms with Crippen LogP contribution in [0.1, 0.15) is 22.8 Å². The van der Waals surface area contributed by atoms with Gasteiger partial charge in [-0.3, -0.25) is 4.79 Å². The second kappa shape index (κ2) is 8.41. The van der Waals surface area contributed by atoms with Crippen molar-refractivity contribution in [3.05, 3.63) is 53.2 Å². The van der Waals surface area contributed by atoms with Gasteiger partial charge in [-0.15, -0.1) is 0 Å². The number of hydrogen-bond acceptors (Lipinski definition) is 5. The van der Waals surface area contributed by atoms with E-state index in [4.69, 9.17) is 0 Å². The minimum atomic E-state index is -0.638. The summed E-state index contributed by atoms with van der Waals surface area (Å²) in [5, 5.41) is 2.38. The van der Waals surface area contributed by atoms with E-state index in [0.717, 1.165) is 5.56 Å². The molecular weight excluding hydrogens is 286 g/mol. The summed E-state index contributed by atoms with van der Waals surface area (Å²) >= 11 is 0. The molecule has 0 bridgehead atoms. The molecule has 0 spiro atoms. The lowest BCUT2D eigenvalue weighted by Gasteiger charge is -2.04. The van der Waals surface area contributed by atoms with Gasteiger partial charge in [-0.1, -0.05) is 24.3 Å². The lowest BCUT2D eigenvalue weighted by molar-refractivity contribution is -0.137. The number of methoxy groups -OCH3 is 2. The van der Waals surface area contributed by atoms with Crippen molar-refractivity contribution in [3.8, 4) is 0 Å². The van der Waals surface area contributed by atoms with Gasteiger partial charge in [-0.05, 0) is 23.8 Å². The van der Waals surface area contributed by atoms with Crippen LogP contribution in [0.4, 0.5) is 0 Å². The highest BCUT2D eigenvalue weighted by Crippen LogP contribution is 2.08. The zero-order valence-corrected chi connectivity index (χ0v) is 12.6. The Labute approximate surface area is 128 Å². The minimum absolute atomic E-state index is 0.0393. The SMILES string of the molecule is COC(=O)/C(=C/C=C/c1ccc(C(=O)OC)cc1)NC(C)=O. The Morgan fingerprint density at radius 1 is 1.05 bits per heavy atom. The molecule has 1 amide bonds. The van der Waals surface area contributed by atoms with E-state index in [0.29, 0.717) is 5.56 Å². The van der Waals surface area contributed by atoms with Crippen LogP contribution in [0.25, 0.3) is 6.08 Å². The third kappa shape index (κ3) is 5.24. The fourth-order valence-corrected chi connectivity index (χ4v) is 1.56. The van der Waals surface area contributed by atoms with Gasteiger partial charge in [0.1, 0.15) is 5.70 Å². The van der Waals surface area contributed by atoms with Crippen LogP contribution in [0.5, 0.6) is 0 Å². The van der Waals surface area contributed by atoms with Crippen molar-refractivity contribution in [2.45, 2.75) is 6.92 Å². The summed E-state index contributed by atoms with van der Waals surface area (Å²) in [6, 6.07) is 6.72. The maximum atomic E-state index is 11.5. The van der Waals surface area contributed by atoms with Gasteiger partial charge in [0.2, 0.25) is 5.91 Å². The largest absolute Gasteiger partial charge is 0.465 e. The summed E-state index contributed by atoms with van der Waals surface area (Å²) in [4.78, 5) is 33.8. The molecule has 0 heterocycles. The number of allylic oxidation sites excluding steroid dienone is 2. The summed E-state index contributed by atoms with van der Waals surface area (Å²) in [6.07, 6.45) is 4.74. The van der Waals surface area contributed by atoms with E-state index in [1.165, 1.54) is 27.2 Å². The molecule has 1 N–H and O–H groups in total. The predicted molar refractivity (Wildman–Crippen MR) is 80.7 cm³/mol. The molecule has 116 valence electrons. The highest BCUT2D eigenvalue weighted by Gasteiger charge is 2.09. The highest BCUT2D eigenvalue weighted by molar-refractivity contribution is 5.93. The molecule has 0 aliphatic rings. The number of hydrogen-bond donors (Lipinski definition) is 1. The van der Waals surface area contributed by atoms with Gasteiger partial charge in [0, 0.05) is 6.92 Å². The normalized spacial score (nSPS) is 11.1. The molecule has 1 rings (SSSR count). The first-order valence-corrected chi connectivity index (χ1v) is 6.40. The number of benzene rings is 1. The van der Waals surface area contributed by atoms with Crippen molar-refractivity contribution in [2.24, 2.45) is 0 Å². The Morgan fingerprint density at radius 3 is 2.18 bits per heavy atom. The van der Waals surface area contributed by atoms with Gasteiger partial charge < -0.3 is 14.8 Å². The number of nitrogens with one attached hydrogen (secondary N) is 1. The molecule has 6 nitrogen and oxygen atoms in total. The van der Waals surface area contributed by atoms with Gasteiger partial charge in [-0.25, -0.2) is 9.59 Å². The molecule has 0 saturated heterocycles. The molecule has 1 aromatic rings. The highest BCUT2D eigenvalue weighted by atomic mass is 16.5. The topological polar surface area (TPSA) is 81.7 Å². The number of rotatable bonds is 5. The van der Waals surface area contributed by atoms with Gasteiger partial charge in [0.15, 0.2) is 0 Å². The Kier molecular flexibility index (Phi) is 6.56. The van der Waals surface area contributed by atoms with Crippen molar-refractivity contribution >= 4 is 23.9 Å². The van der Waals surface area contributed by atoms with Crippen LogP contribution in [0, 0.1) is 0 Å². The quantitative estimate of drug-likeness (QED) is 0.508. The second-order valence-corrected chi connectivity index (χ2v) is 4.23. The maximum Gasteiger partial charge on any atom is 0.354 e. The molecule has 22 heavy (non-hydrogen) atoms. The number of carbonyl (C=O) groups is 3. The predicted octanol–water partition coefficient (Wildman–Crippen LogP) is 1.68. The summed E-state index contributed by atoms with van der Waals surface area (Å²) in [5.41, 5.74) is 1.30. The summed E-state index contributed by atoms with van der Waals surface area (Å²) < 4.78 is 9.17. The van der Waals surface area contributed by atoms with E-state index in [2.05, 4.69) is 14.8 Å². The molecule has 0 atom stereocenters. The molecule has 0 fully saturated rings. The van der Waals surface area contributed by atoms with Crippen LogP contribution in [0.3, 0.4) is 0 Å². The molecule has 6 heteroatoms. The smallest absolute Gasteiger partial charge is 0.354 e. The number of amides is 1. The zero-order chi connectivity index (χ0) is 16.5. The van der Waals surface area contributed by atoms with Crippen molar-refractivity contribution in [1.82, 2.24) is 5.32 Å². The average Bonchev–Trinajstić information content (AvgIpc) is 2.52. The summed E-state index contributed by atoms with van der Waals surface area (Å²) in [5.74, 6) is -1.41. The molecule has 0 radical (unpaired) electrons. The van der Waals surface area contributed by atoms with E-state index >= 15 is 0 Å². The number of carbonyl (C=O) groups excluding carboxylic acids is 3. The van der Waals surface area contributed by atoms with E-state index < -0.39 is 11.9 Å². The second-order valence-electron chi connectivity index (χ2n) is 4.23.